The van der Waals surface area contributed by atoms with Crippen LogP contribution in [0.3, 0.4) is 0 Å². The van der Waals surface area contributed by atoms with Gasteiger partial charge in [-0.25, -0.2) is 9.18 Å². The van der Waals surface area contributed by atoms with Crippen LogP contribution in [0.5, 0.6) is 0 Å². The van der Waals surface area contributed by atoms with Crippen LogP contribution >= 0.6 is 0 Å². The highest BCUT2D eigenvalue weighted by Crippen LogP contribution is 2.23. The van der Waals surface area contributed by atoms with Crippen molar-refractivity contribution < 1.29 is 13.9 Å². The van der Waals surface area contributed by atoms with E-state index in [1.807, 2.05) is 6.07 Å². The van der Waals surface area contributed by atoms with Crippen LogP contribution in [0.1, 0.15) is 11.7 Å². The van der Waals surface area contributed by atoms with Crippen LogP contribution in [0.25, 0.3) is 0 Å². The van der Waals surface area contributed by atoms with Crippen LogP contribution in [0.2, 0.25) is 0 Å². The minimum absolute atomic E-state index is 0.0922. The van der Waals surface area contributed by atoms with E-state index in [9.17, 15) is 9.18 Å². The predicted octanol–water partition coefficient (Wildman–Crippen LogP) is 1.81. The third-order valence-corrected chi connectivity index (χ3v) is 2.17. The monoisotopic (exact) mass is 195 g/mol. The highest BCUT2D eigenvalue weighted by atomic mass is 19.1. The third-order valence-electron chi connectivity index (χ3n) is 2.17. The third kappa shape index (κ3) is 1.69. The van der Waals surface area contributed by atoms with Crippen LogP contribution in [-0.2, 0) is 4.74 Å². The summed E-state index contributed by atoms with van der Waals surface area (Å²) >= 11 is 0. The second-order valence-electron chi connectivity index (χ2n) is 3.16. The van der Waals surface area contributed by atoms with Crippen molar-refractivity contribution in [3.63, 3.8) is 0 Å². The summed E-state index contributed by atoms with van der Waals surface area (Å²) in [6, 6.07) is 8.16. The molecule has 0 spiro atoms. The molecular formula is C10H10FNO2. The first-order valence-corrected chi connectivity index (χ1v) is 4.39. The SMILES string of the molecule is O=C1N[C@@H]([C@@H](F)c2ccccc2)CO1. The number of amides is 1. The lowest BCUT2D eigenvalue weighted by Crippen LogP contribution is -2.30. The van der Waals surface area contributed by atoms with Gasteiger partial charge >= 0.3 is 6.09 Å². The van der Waals surface area contributed by atoms with Crippen molar-refractivity contribution in [3.8, 4) is 0 Å². The average molecular weight is 195 g/mol. The molecule has 0 saturated carbocycles. The summed E-state index contributed by atoms with van der Waals surface area (Å²) in [5.74, 6) is 0. The Labute approximate surface area is 80.9 Å². The van der Waals surface area contributed by atoms with Crippen LogP contribution in [-0.4, -0.2) is 18.7 Å². The summed E-state index contributed by atoms with van der Waals surface area (Å²) in [4.78, 5) is 10.7. The molecule has 2 rings (SSSR count). The minimum atomic E-state index is -1.21. The smallest absolute Gasteiger partial charge is 0.407 e. The van der Waals surface area contributed by atoms with E-state index in [2.05, 4.69) is 10.1 Å². The molecule has 4 heteroatoms. The number of hydrogen-bond donors (Lipinski definition) is 1. The summed E-state index contributed by atoms with van der Waals surface area (Å²) in [5.41, 5.74) is 0.559. The Balaban J connectivity index is 2.09. The molecule has 74 valence electrons. The Kier molecular flexibility index (Phi) is 2.35. The molecule has 1 amide bonds. The van der Waals surface area contributed by atoms with Crippen molar-refractivity contribution in [2.75, 3.05) is 6.61 Å². The number of halogens is 1. The maximum absolute atomic E-state index is 13.7. The van der Waals surface area contributed by atoms with Gasteiger partial charge in [0, 0.05) is 0 Å². The largest absolute Gasteiger partial charge is 0.447 e. The Bertz CT molecular complexity index is 328. The molecule has 0 aliphatic carbocycles. The Morgan fingerprint density at radius 1 is 1.43 bits per heavy atom. The van der Waals surface area contributed by atoms with Gasteiger partial charge in [0.25, 0.3) is 0 Å². The molecule has 1 aliphatic heterocycles. The molecule has 0 bridgehead atoms. The van der Waals surface area contributed by atoms with Gasteiger partial charge in [-0.2, -0.15) is 0 Å². The number of alkyl halides is 1. The lowest BCUT2D eigenvalue weighted by molar-refractivity contribution is 0.172. The van der Waals surface area contributed by atoms with Crippen LogP contribution in [0.4, 0.5) is 9.18 Å². The normalized spacial score (nSPS) is 22.6. The highest BCUT2D eigenvalue weighted by Gasteiger charge is 2.30. The van der Waals surface area contributed by atoms with Gasteiger partial charge in [-0.1, -0.05) is 30.3 Å². The number of ether oxygens (including phenoxy) is 1. The fourth-order valence-electron chi connectivity index (χ4n) is 1.43. The summed E-state index contributed by atoms with van der Waals surface area (Å²) in [5, 5.41) is 2.42. The fraction of sp³-hybridized carbons (Fsp3) is 0.300. The van der Waals surface area contributed by atoms with Gasteiger partial charge < -0.3 is 10.1 Å². The number of cyclic esters (lactones) is 1. The minimum Gasteiger partial charge on any atom is -0.447 e. The van der Waals surface area contributed by atoms with Crippen LogP contribution in [0.15, 0.2) is 30.3 Å². The standard InChI is InChI=1S/C10H10FNO2/c11-9(7-4-2-1-3-5-7)8-6-14-10(13)12-8/h1-5,8-9H,6H2,(H,12,13)/t8-,9+/m1/s1. The first kappa shape index (κ1) is 8.99. The zero-order valence-electron chi connectivity index (χ0n) is 7.44. The number of rotatable bonds is 2. The first-order valence-electron chi connectivity index (χ1n) is 4.39. The second-order valence-corrected chi connectivity index (χ2v) is 3.16. The lowest BCUT2D eigenvalue weighted by atomic mass is 10.1. The molecule has 1 fully saturated rings. The topological polar surface area (TPSA) is 38.3 Å². The van der Waals surface area contributed by atoms with Gasteiger partial charge in [0.1, 0.15) is 18.8 Å². The van der Waals surface area contributed by atoms with Gasteiger partial charge in [-0.15, -0.1) is 0 Å². The Morgan fingerprint density at radius 3 is 2.71 bits per heavy atom. The molecule has 1 N–H and O–H groups in total. The van der Waals surface area contributed by atoms with Gasteiger partial charge in [-0.3, -0.25) is 0 Å². The number of carbonyl (C=O) groups excluding carboxylic acids is 1. The number of nitrogens with one attached hydrogen (secondary N) is 1. The molecule has 1 aromatic rings. The van der Waals surface area contributed by atoms with Crippen molar-refractivity contribution in [3.05, 3.63) is 35.9 Å². The van der Waals surface area contributed by atoms with E-state index in [0.29, 0.717) is 5.56 Å². The lowest BCUT2D eigenvalue weighted by Gasteiger charge is -2.13. The summed E-state index contributed by atoms with van der Waals surface area (Å²) in [6.45, 7) is 0.0922. The maximum atomic E-state index is 13.7. The molecule has 0 radical (unpaired) electrons. The van der Waals surface area contributed by atoms with E-state index in [1.54, 1.807) is 24.3 Å². The molecule has 1 aliphatic rings. The maximum Gasteiger partial charge on any atom is 0.407 e. The molecule has 1 aromatic carbocycles. The molecule has 0 aromatic heterocycles. The fourth-order valence-corrected chi connectivity index (χ4v) is 1.43. The number of hydrogen-bond acceptors (Lipinski definition) is 2. The number of alkyl carbamates (subject to hydrolysis) is 1. The van der Waals surface area contributed by atoms with Crippen molar-refractivity contribution >= 4 is 6.09 Å². The van der Waals surface area contributed by atoms with E-state index in [0.717, 1.165) is 0 Å². The van der Waals surface area contributed by atoms with E-state index < -0.39 is 18.3 Å². The summed E-state index contributed by atoms with van der Waals surface area (Å²) in [7, 11) is 0. The van der Waals surface area contributed by atoms with Gasteiger partial charge in [-0.05, 0) is 5.56 Å². The Hall–Kier alpha value is -1.58. The van der Waals surface area contributed by atoms with E-state index in [-0.39, 0.29) is 6.61 Å². The second kappa shape index (κ2) is 3.65. The quantitative estimate of drug-likeness (QED) is 0.781. The van der Waals surface area contributed by atoms with E-state index >= 15 is 0 Å². The molecular weight excluding hydrogens is 185 g/mol. The summed E-state index contributed by atoms with van der Waals surface area (Å²) < 4.78 is 18.3. The van der Waals surface area contributed by atoms with Gasteiger partial charge in [0.05, 0.1) is 0 Å². The number of carbonyl (C=O) groups is 1. The molecule has 14 heavy (non-hydrogen) atoms. The number of benzene rings is 1. The molecule has 1 saturated heterocycles. The van der Waals surface area contributed by atoms with Crippen molar-refractivity contribution in [1.29, 1.82) is 0 Å². The van der Waals surface area contributed by atoms with Crippen molar-refractivity contribution in [2.45, 2.75) is 12.2 Å². The Morgan fingerprint density at radius 2 is 2.14 bits per heavy atom. The van der Waals surface area contributed by atoms with Crippen LogP contribution in [0, 0.1) is 0 Å². The molecule has 0 unspecified atom stereocenters. The van der Waals surface area contributed by atoms with E-state index in [1.165, 1.54) is 0 Å². The van der Waals surface area contributed by atoms with Crippen LogP contribution < -0.4 is 5.32 Å². The van der Waals surface area contributed by atoms with E-state index in [4.69, 9.17) is 0 Å². The zero-order valence-corrected chi connectivity index (χ0v) is 7.44. The molecule has 2 atom stereocenters. The molecule has 3 nitrogen and oxygen atoms in total. The summed E-state index contributed by atoms with van der Waals surface area (Å²) in [6.07, 6.45) is -1.75. The predicted molar refractivity (Wildman–Crippen MR) is 48.6 cm³/mol. The zero-order chi connectivity index (χ0) is 9.97. The van der Waals surface area contributed by atoms with Gasteiger partial charge in [0.15, 0.2) is 0 Å². The highest BCUT2D eigenvalue weighted by molar-refractivity contribution is 5.69. The average Bonchev–Trinajstić information content (AvgIpc) is 2.65. The van der Waals surface area contributed by atoms with Crippen molar-refractivity contribution in [2.24, 2.45) is 0 Å². The molecule has 1 heterocycles. The van der Waals surface area contributed by atoms with Crippen molar-refractivity contribution in [1.82, 2.24) is 5.32 Å². The van der Waals surface area contributed by atoms with Gasteiger partial charge in [0.2, 0.25) is 0 Å². The first-order chi connectivity index (χ1) is 6.77.